The van der Waals surface area contributed by atoms with Crippen molar-refractivity contribution in [1.29, 1.82) is 0 Å². The molecule has 1 saturated carbocycles. The van der Waals surface area contributed by atoms with Gasteiger partial charge >= 0.3 is 0 Å². The zero-order chi connectivity index (χ0) is 22.3. The Morgan fingerprint density at radius 2 is 1.40 bits per heavy atom. The van der Waals surface area contributed by atoms with Crippen LogP contribution in [0.1, 0.15) is 106 Å². The number of carbonyl (C=O) groups is 2. The van der Waals surface area contributed by atoms with Crippen LogP contribution in [0.3, 0.4) is 0 Å². The molecule has 0 aromatic heterocycles. The van der Waals surface area contributed by atoms with Crippen LogP contribution in [0.2, 0.25) is 0 Å². The number of hydrogen-bond acceptors (Lipinski definition) is 3. The first kappa shape index (κ1) is 23.8. The Bertz CT molecular complexity index is 616. The highest BCUT2D eigenvalue weighted by atomic mass is 16.2. The first-order valence-electron chi connectivity index (χ1n) is 12.3. The van der Waals surface area contributed by atoms with Crippen molar-refractivity contribution in [2.24, 2.45) is 22.7 Å². The molecule has 4 nitrogen and oxygen atoms in total. The molecule has 0 aromatic rings. The van der Waals surface area contributed by atoms with E-state index in [1.165, 1.54) is 32.1 Å². The van der Waals surface area contributed by atoms with Crippen molar-refractivity contribution in [2.75, 3.05) is 6.54 Å². The molecule has 4 heteroatoms. The van der Waals surface area contributed by atoms with Gasteiger partial charge in [-0.2, -0.15) is 0 Å². The van der Waals surface area contributed by atoms with Gasteiger partial charge in [0.1, 0.15) is 5.78 Å². The molecule has 2 heterocycles. The highest BCUT2D eigenvalue weighted by Gasteiger charge is 2.43. The largest absolute Gasteiger partial charge is 0.350 e. The molecular weight excluding hydrogens is 372 g/mol. The molecule has 172 valence electrons. The maximum atomic E-state index is 13.0. The summed E-state index contributed by atoms with van der Waals surface area (Å²) in [6.07, 6.45) is 9.72. The minimum Gasteiger partial charge on any atom is -0.350 e. The Hall–Kier alpha value is -0.900. The van der Waals surface area contributed by atoms with Crippen LogP contribution >= 0.6 is 0 Å². The molecule has 2 aliphatic heterocycles. The summed E-state index contributed by atoms with van der Waals surface area (Å²) >= 11 is 0. The number of Topliss-reactive ketones (excluding diaryl/α,β-unsaturated/α-hetero) is 1. The van der Waals surface area contributed by atoms with E-state index >= 15 is 0 Å². The van der Waals surface area contributed by atoms with Gasteiger partial charge in [0.15, 0.2) is 0 Å². The van der Waals surface area contributed by atoms with E-state index < -0.39 is 0 Å². The van der Waals surface area contributed by atoms with Crippen LogP contribution in [0, 0.1) is 22.7 Å². The molecule has 2 bridgehead atoms. The highest BCUT2D eigenvalue weighted by Crippen LogP contribution is 2.49. The second-order valence-electron chi connectivity index (χ2n) is 13.4. The van der Waals surface area contributed by atoms with E-state index in [-0.39, 0.29) is 11.4 Å². The Labute approximate surface area is 184 Å². The lowest BCUT2D eigenvalue weighted by molar-refractivity contribution is -0.126. The number of hydrogen-bond donors (Lipinski definition) is 1. The molecule has 2 saturated heterocycles. The fourth-order valence-corrected chi connectivity index (χ4v) is 7.38. The lowest BCUT2D eigenvalue weighted by Crippen LogP contribution is -2.51. The first-order chi connectivity index (χ1) is 13.7. The van der Waals surface area contributed by atoms with Crippen LogP contribution in [-0.4, -0.2) is 40.8 Å². The van der Waals surface area contributed by atoms with Crippen LogP contribution in [0.15, 0.2) is 0 Å². The van der Waals surface area contributed by atoms with E-state index in [9.17, 15) is 9.59 Å². The van der Waals surface area contributed by atoms with E-state index in [0.29, 0.717) is 47.1 Å². The number of ketones is 1. The third kappa shape index (κ3) is 6.55. The minimum atomic E-state index is -0.177. The molecule has 3 aliphatic rings. The summed E-state index contributed by atoms with van der Waals surface area (Å²) in [4.78, 5) is 27.8. The maximum absolute atomic E-state index is 13.0. The third-order valence-electron chi connectivity index (χ3n) is 7.49. The fraction of sp³-hybridized carbons (Fsp3) is 0.923. The van der Waals surface area contributed by atoms with Gasteiger partial charge in [0, 0.05) is 30.5 Å². The molecule has 0 aromatic carbocycles. The van der Waals surface area contributed by atoms with Gasteiger partial charge in [0.05, 0.1) is 6.54 Å². The number of nitrogens with one attached hydrogen (secondary N) is 1. The van der Waals surface area contributed by atoms with Gasteiger partial charge in [-0.1, -0.05) is 27.7 Å². The van der Waals surface area contributed by atoms with Gasteiger partial charge in [0.25, 0.3) is 0 Å². The topological polar surface area (TPSA) is 49.4 Å². The van der Waals surface area contributed by atoms with Crippen molar-refractivity contribution in [3.8, 4) is 0 Å². The number of nitrogens with zero attached hydrogens (tertiary/aromatic N) is 1. The monoisotopic (exact) mass is 418 g/mol. The summed E-state index contributed by atoms with van der Waals surface area (Å²) < 4.78 is 0. The van der Waals surface area contributed by atoms with Gasteiger partial charge in [-0.05, 0) is 88.4 Å². The minimum absolute atomic E-state index is 0.136. The van der Waals surface area contributed by atoms with Crippen LogP contribution in [0.25, 0.3) is 0 Å². The zero-order valence-corrected chi connectivity index (χ0v) is 20.6. The highest BCUT2D eigenvalue weighted by molar-refractivity contribution is 5.79. The van der Waals surface area contributed by atoms with Crippen LogP contribution < -0.4 is 5.32 Å². The third-order valence-corrected chi connectivity index (χ3v) is 7.49. The van der Waals surface area contributed by atoms with Gasteiger partial charge in [0.2, 0.25) is 5.91 Å². The number of amides is 1. The van der Waals surface area contributed by atoms with Gasteiger partial charge in [-0.3, -0.25) is 14.5 Å². The number of rotatable bonds is 6. The van der Waals surface area contributed by atoms with Crippen molar-refractivity contribution in [1.82, 2.24) is 10.2 Å². The molecule has 1 amide bonds. The van der Waals surface area contributed by atoms with Gasteiger partial charge in [-0.25, -0.2) is 0 Å². The van der Waals surface area contributed by atoms with Crippen molar-refractivity contribution >= 4 is 11.7 Å². The van der Waals surface area contributed by atoms with E-state index in [0.717, 1.165) is 25.7 Å². The van der Waals surface area contributed by atoms with E-state index in [1.807, 2.05) is 20.8 Å². The molecule has 1 aliphatic carbocycles. The second kappa shape index (κ2) is 8.56. The molecule has 3 fully saturated rings. The molecule has 1 unspecified atom stereocenters. The van der Waals surface area contributed by atoms with Crippen molar-refractivity contribution in [2.45, 2.75) is 124 Å². The Morgan fingerprint density at radius 3 is 1.90 bits per heavy atom. The number of fused-ring (bicyclic) bond motifs is 2. The number of carbonyl (C=O) groups excluding carboxylic acids is 2. The van der Waals surface area contributed by atoms with Crippen LogP contribution in [0.5, 0.6) is 0 Å². The second-order valence-corrected chi connectivity index (χ2v) is 13.4. The Balaban J connectivity index is 1.49. The summed E-state index contributed by atoms with van der Waals surface area (Å²) in [7, 11) is 0. The molecule has 3 rings (SSSR count). The average molecular weight is 419 g/mol. The van der Waals surface area contributed by atoms with Crippen molar-refractivity contribution in [3.05, 3.63) is 0 Å². The smallest absolute Gasteiger partial charge is 0.234 e. The quantitative estimate of drug-likeness (QED) is 0.633. The molecule has 3 atom stereocenters. The Morgan fingerprint density at radius 1 is 0.900 bits per heavy atom. The zero-order valence-electron chi connectivity index (χ0n) is 20.6. The van der Waals surface area contributed by atoms with Gasteiger partial charge in [-0.15, -0.1) is 0 Å². The molecular formula is C26H46N2O2. The Kier molecular flexibility index (Phi) is 6.78. The fourth-order valence-electron chi connectivity index (χ4n) is 7.38. The molecule has 1 N–H and O–H groups in total. The molecule has 30 heavy (non-hydrogen) atoms. The van der Waals surface area contributed by atoms with E-state index in [1.54, 1.807) is 0 Å². The maximum Gasteiger partial charge on any atom is 0.234 e. The normalized spacial score (nSPS) is 31.5. The predicted octanol–water partition coefficient (Wildman–Crippen LogP) is 5.35. The standard InChI is InChI=1S/C26H46N2O2/c1-24(2,3)27-23(30)16-28-20-8-9-21(28)11-18(10-20)12-22(29)13-19-14-25(4,5)17-26(6,7)15-19/h18-21H,8-17H2,1-7H3,(H,27,30)/t18?,20-,21+. The average Bonchev–Trinajstić information content (AvgIpc) is 2.72. The predicted molar refractivity (Wildman–Crippen MR) is 123 cm³/mol. The van der Waals surface area contributed by atoms with Crippen molar-refractivity contribution in [3.63, 3.8) is 0 Å². The molecule has 0 radical (unpaired) electrons. The lowest BCUT2D eigenvalue weighted by atomic mass is 9.60. The van der Waals surface area contributed by atoms with Crippen LogP contribution in [-0.2, 0) is 9.59 Å². The summed E-state index contributed by atoms with van der Waals surface area (Å²) in [6, 6.07) is 0.972. The number of piperidine rings is 1. The van der Waals surface area contributed by atoms with E-state index in [2.05, 4.69) is 37.9 Å². The lowest BCUT2D eigenvalue weighted by Gasteiger charge is -2.45. The van der Waals surface area contributed by atoms with Crippen LogP contribution in [0.4, 0.5) is 0 Å². The summed E-state index contributed by atoms with van der Waals surface area (Å²) in [5, 5.41) is 3.10. The van der Waals surface area contributed by atoms with Gasteiger partial charge < -0.3 is 5.32 Å². The first-order valence-corrected chi connectivity index (χ1v) is 12.3. The SMILES string of the molecule is CC1(C)CC(CC(=O)CC2C[C@H]3CC[C@@H](C2)N3CC(=O)NC(C)(C)C)CC(C)(C)C1. The summed E-state index contributed by atoms with van der Waals surface area (Å²) in [5.41, 5.74) is 0.526. The van der Waals surface area contributed by atoms with Crippen molar-refractivity contribution < 1.29 is 9.59 Å². The summed E-state index contributed by atoms with van der Waals surface area (Å²) in [5.74, 6) is 1.68. The van der Waals surface area contributed by atoms with E-state index in [4.69, 9.17) is 0 Å². The molecule has 0 spiro atoms. The summed E-state index contributed by atoms with van der Waals surface area (Å²) in [6.45, 7) is 16.1.